The standard InChI is InChI=1S/C13H15BrN2O2/c1-9(17)10-2-3-13(12(14)6-10)16-4-5-18-11(7-15)8-16/h2-3,6,9,11,17H,4-5,8H2,1H3/t9-,11?/m1/s1. The maximum Gasteiger partial charge on any atom is 0.161 e. The summed E-state index contributed by atoms with van der Waals surface area (Å²) in [5.74, 6) is 0. The molecule has 0 saturated carbocycles. The molecule has 4 nitrogen and oxygen atoms in total. The van der Waals surface area contributed by atoms with Gasteiger partial charge in [-0.2, -0.15) is 5.26 Å². The molecule has 1 aromatic rings. The van der Waals surface area contributed by atoms with Crippen LogP contribution in [0.3, 0.4) is 0 Å². The van der Waals surface area contributed by atoms with Crippen LogP contribution in [0.4, 0.5) is 5.69 Å². The van der Waals surface area contributed by atoms with Gasteiger partial charge in [0.25, 0.3) is 0 Å². The van der Waals surface area contributed by atoms with E-state index in [-0.39, 0.29) is 6.10 Å². The lowest BCUT2D eigenvalue weighted by molar-refractivity contribution is 0.0764. The molecule has 1 heterocycles. The van der Waals surface area contributed by atoms with Gasteiger partial charge in [-0.05, 0) is 40.5 Å². The summed E-state index contributed by atoms with van der Waals surface area (Å²) < 4.78 is 6.25. The van der Waals surface area contributed by atoms with E-state index >= 15 is 0 Å². The minimum absolute atomic E-state index is 0.373. The number of nitriles is 1. The molecule has 2 atom stereocenters. The zero-order chi connectivity index (χ0) is 13.1. The van der Waals surface area contributed by atoms with E-state index in [0.29, 0.717) is 13.2 Å². The van der Waals surface area contributed by atoms with Gasteiger partial charge >= 0.3 is 0 Å². The van der Waals surface area contributed by atoms with Gasteiger partial charge in [0.15, 0.2) is 6.10 Å². The van der Waals surface area contributed by atoms with Crippen molar-refractivity contribution in [1.82, 2.24) is 0 Å². The molecular formula is C13H15BrN2O2. The van der Waals surface area contributed by atoms with Crippen molar-refractivity contribution in [3.63, 3.8) is 0 Å². The Morgan fingerprint density at radius 3 is 3.00 bits per heavy atom. The summed E-state index contributed by atoms with van der Waals surface area (Å²) in [5.41, 5.74) is 1.90. The van der Waals surface area contributed by atoms with Gasteiger partial charge in [0.1, 0.15) is 0 Å². The summed E-state index contributed by atoms with van der Waals surface area (Å²) >= 11 is 3.52. The van der Waals surface area contributed by atoms with E-state index < -0.39 is 6.10 Å². The predicted octanol–water partition coefficient (Wildman–Crippen LogP) is 2.23. The number of aliphatic hydroxyl groups excluding tert-OH is 1. The number of benzene rings is 1. The molecule has 0 aromatic heterocycles. The van der Waals surface area contributed by atoms with Crippen molar-refractivity contribution < 1.29 is 9.84 Å². The lowest BCUT2D eigenvalue weighted by Crippen LogP contribution is -2.42. The summed E-state index contributed by atoms with van der Waals surface area (Å²) in [7, 11) is 0. The predicted molar refractivity (Wildman–Crippen MR) is 72.3 cm³/mol. The first-order chi connectivity index (χ1) is 8.61. The first-order valence-corrected chi connectivity index (χ1v) is 6.65. The molecule has 0 radical (unpaired) electrons. The van der Waals surface area contributed by atoms with Crippen LogP contribution in [0.1, 0.15) is 18.6 Å². The maximum absolute atomic E-state index is 9.53. The zero-order valence-electron chi connectivity index (χ0n) is 10.1. The van der Waals surface area contributed by atoms with Gasteiger partial charge in [0.2, 0.25) is 0 Å². The van der Waals surface area contributed by atoms with E-state index in [4.69, 9.17) is 10.00 Å². The van der Waals surface area contributed by atoms with Crippen LogP contribution >= 0.6 is 15.9 Å². The number of hydrogen-bond acceptors (Lipinski definition) is 4. The number of nitrogens with zero attached hydrogens (tertiary/aromatic N) is 2. The molecule has 1 unspecified atom stereocenters. The third kappa shape index (κ3) is 2.83. The molecule has 5 heteroatoms. The Morgan fingerprint density at radius 1 is 1.61 bits per heavy atom. The summed E-state index contributed by atoms with van der Waals surface area (Å²) in [6, 6.07) is 7.92. The van der Waals surface area contributed by atoms with Gasteiger partial charge < -0.3 is 14.7 Å². The quantitative estimate of drug-likeness (QED) is 0.910. The fourth-order valence-corrected chi connectivity index (χ4v) is 2.63. The lowest BCUT2D eigenvalue weighted by atomic mass is 10.1. The van der Waals surface area contributed by atoms with Crippen molar-refractivity contribution in [1.29, 1.82) is 5.26 Å². The Morgan fingerprint density at radius 2 is 2.39 bits per heavy atom. The topological polar surface area (TPSA) is 56.5 Å². The smallest absolute Gasteiger partial charge is 0.161 e. The largest absolute Gasteiger partial charge is 0.389 e. The lowest BCUT2D eigenvalue weighted by Gasteiger charge is -2.32. The molecule has 1 aliphatic rings. The first-order valence-electron chi connectivity index (χ1n) is 5.85. The minimum atomic E-state index is -0.480. The van der Waals surface area contributed by atoms with E-state index in [1.54, 1.807) is 6.92 Å². The molecule has 1 N–H and O–H groups in total. The van der Waals surface area contributed by atoms with Crippen LogP contribution in [0.15, 0.2) is 22.7 Å². The fraction of sp³-hybridized carbons (Fsp3) is 0.462. The third-order valence-corrected chi connectivity index (χ3v) is 3.64. The van der Waals surface area contributed by atoms with Crippen molar-refractivity contribution in [3.8, 4) is 6.07 Å². The van der Waals surface area contributed by atoms with Crippen molar-refractivity contribution in [2.45, 2.75) is 19.1 Å². The molecule has 1 fully saturated rings. The van der Waals surface area contributed by atoms with Gasteiger partial charge in [-0.3, -0.25) is 0 Å². The fourth-order valence-electron chi connectivity index (χ4n) is 1.99. The van der Waals surface area contributed by atoms with E-state index in [0.717, 1.165) is 22.3 Å². The molecular weight excluding hydrogens is 296 g/mol. The second-order valence-corrected chi connectivity index (χ2v) is 5.18. The van der Waals surface area contributed by atoms with Crippen LogP contribution in [0.5, 0.6) is 0 Å². The molecule has 1 aromatic carbocycles. The Labute approximate surface area is 115 Å². The van der Waals surface area contributed by atoms with Crippen molar-refractivity contribution in [3.05, 3.63) is 28.2 Å². The molecule has 0 aliphatic carbocycles. The highest BCUT2D eigenvalue weighted by molar-refractivity contribution is 9.10. The van der Waals surface area contributed by atoms with Gasteiger partial charge in [0, 0.05) is 11.0 Å². The van der Waals surface area contributed by atoms with E-state index in [2.05, 4.69) is 26.9 Å². The number of anilines is 1. The van der Waals surface area contributed by atoms with Crippen molar-refractivity contribution in [2.24, 2.45) is 0 Å². The van der Waals surface area contributed by atoms with Gasteiger partial charge in [0.05, 0.1) is 31.0 Å². The number of ether oxygens (including phenoxy) is 1. The average molecular weight is 311 g/mol. The Hall–Kier alpha value is -1.09. The van der Waals surface area contributed by atoms with Crippen molar-refractivity contribution >= 4 is 21.6 Å². The molecule has 2 rings (SSSR count). The third-order valence-electron chi connectivity index (χ3n) is 3.01. The number of aliphatic hydroxyl groups is 1. The summed E-state index contributed by atoms with van der Waals surface area (Å²) in [6.07, 6.45) is -0.853. The number of halogens is 1. The second kappa shape index (κ2) is 5.70. The van der Waals surface area contributed by atoms with E-state index in [9.17, 15) is 5.11 Å². The Kier molecular flexibility index (Phi) is 4.23. The average Bonchev–Trinajstić information content (AvgIpc) is 2.38. The summed E-state index contributed by atoms with van der Waals surface area (Å²) in [5, 5.41) is 18.4. The normalized spacial score (nSPS) is 21.4. The molecule has 1 saturated heterocycles. The van der Waals surface area contributed by atoms with Crippen LogP contribution in [0, 0.1) is 11.3 Å². The number of rotatable bonds is 2. The zero-order valence-corrected chi connectivity index (χ0v) is 11.7. The van der Waals surface area contributed by atoms with Gasteiger partial charge in [-0.15, -0.1) is 0 Å². The van der Waals surface area contributed by atoms with E-state index in [1.165, 1.54) is 0 Å². The number of morpholine rings is 1. The van der Waals surface area contributed by atoms with Crippen LogP contribution < -0.4 is 4.90 Å². The second-order valence-electron chi connectivity index (χ2n) is 4.32. The molecule has 96 valence electrons. The van der Waals surface area contributed by atoms with Gasteiger partial charge in [-0.25, -0.2) is 0 Å². The SMILES string of the molecule is C[C@@H](O)c1ccc(N2CCOC(C#N)C2)c(Br)c1. The van der Waals surface area contributed by atoms with Crippen LogP contribution in [0.25, 0.3) is 0 Å². The molecule has 0 spiro atoms. The van der Waals surface area contributed by atoms with Crippen LogP contribution in [-0.4, -0.2) is 30.9 Å². The highest BCUT2D eigenvalue weighted by Gasteiger charge is 2.21. The maximum atomic E-state index is 9.53. The molecule has 18 heavy (non-hydrogen) atoms. The monoisotopic (exact) mass is 310 g/mol. The first kappa shape index (κ1) is 13.3. The Bertz CT molecular complexity index is 471. The molecule has 0 bridgehead atoms. The molecule has 0 amide bonds. The highest BCUT2D eigenvalue weighted by Crippen LogP contribution is 2.30. The van der Waals surface area contributed by atoms with Crippen LogP contribution in [0.2, 0.25) is 0 Å². The van der Waals surface area contributed by atoms with Crippen LogP contribution in [-0.2, 0) is 4.74 Å². The van der Waals surface area contributed by atoms with E-state index in [1.807, 2.05) is 18.2 Å². The van der Waals surface area contributed by atoms with Gasteiger partial charge in [-0.1, -0.05) is 6.07 Å². The number of hydrogen-bond donors (Lipinski definition) is 1. The Balaban J connectivity index is 2.21. The summed E-state index contributed by atoms with van der Waals surface area (Å²) in [4.78, 5) is 2.12. The highest BCUT2D eigenvalue weighted by atomic mass is 79.9. The van der Waals surface area contributed by atoms with Crippen molar-refractivity contribution in [2.75, 3.05) is 24.6 Å². The minimum Gasteiger partial charge on any atom is -0.389 e. The molecule has 1 aliphatic heterocycles. The summed E-state index contributed by atoms with van der Waals surface area (Å²) in [6.45, 7) is 3.64.